The summed E-state index contributed by atoms with van der Waals surface area (Å²) in [7, 11) is 0. The fraction of sp³-hybridized carbons (Fsp3) is 0.526. The summed E-state index contributed by atoms with van der Waals surface area (Å²) in [5, 5.41) is 14.7. The number of nitrogens with one attached hydrogen (secondary N) is 2. The zero-order valence-electron chi connectivity index (χ0n) is 15.6. The molecule has 4 rings (SSSR count). The van der Waals surface area contributed by atoms with Crippen molar-refractivity contribution in [1.29, 1.82) is 0 Å². The first-order valence-electron chi connectivity index (χ1n) is 9.46. The topological polar surface area (TPSA) is 71.8 Å². The number of hydrogen-bond acceptors (Lipinski definition) is 4. The molecule has 0 spiro atoms. The van der Waals surface area contributed by atoms with Gasteiger partial charge in [0, 0.05) is 31.1 Å². The van der Waals surface area contributed by atoms with Crippen molar-refractivity contribution in [1.82, 2.24) is 20.1 Å². The molecule has 154 valence electrons. The van der Waals surface area contributed by atoms with Gasteiger partial charge in [-0.15, -0.1) is 35.0 Å². The van der Waals surface area contributed by atoms with Gasteiger partial charge in [-0.2, -0.15) is 0 Å². The Bertz CT molecular complexity index is 808. The van der Waals surface area contributed by atoms with Gasteiger partial charge in [0.05, 0.1) is 5.56 Å². The number of hydrogen-bond donors (Lipinski definition) is 2. The van der Waals surface area contributed by atoms with E-state index in [0.29, 0.717) is 23.5 Å². The van der Waals surface area contributed by atoms with E-state index in [1.54, 1.807) is 12.1 Å². The molecule has 0 saturated carbocycles. The van der Waals surface area contributed by atoms with Gasteiger partial charge in [-0.1, -0.05) is 6.42 Å². The fourth-order valence-electron chi connectivity index (χ4n) is 3.83. The Hall–Kier alpha value is -1.70. The largest absolute Gasteiger partial charge is 0.326 e. The predicted molar refractivity (Wildman–Crippen MR) is 112 cm³/mol. The summed E-state index contributed by atoms with van der Waals surface area (Å²) in [5.74, 6) is 1.06. The normalized spacial score (nSPS) is 18.4. The Kier molecular flexibility index (Phi) is 8.22. The molecule has 2 aliphatic heterocycles. The molecule has 9 heteroatoms. The minimum atomic E-state index is -0.347. The third-order valence-corrected chi connectivity index (χ3v) is 5.19. The second-order valence-electron chi connectivity index (χ2n) is 7.14. The summed E-state index contributed by atoms with van der Waals surface area (Å²) >= 11 is 0. The van der Waals surface area contributed by atoms with Crippen molar-refractivity contribution in [3.05, 3.63) is 29.8 Å². The van der Waals surface area contributed by atoms with E-state index in [1.807, 2.05) is 4.57 Å². The van der Waals surface area contributed by atoms with Crippen molar-refractivity contribution in [3.63, 3.8) is 0 Å². The lowest BCUT2D eigenvalue weighted by Crippen LogP contribution is -2.27. The summed E-state index contributed by atoms with van der Waals surface area (Å²) in [4.78, 5) is 12.3. The molecule has 1 aromatic carbocycles. The van der Waals surface area contributed by atoms with Gasteiger partial charge in [0.25, 0.3) is 0 Å². The highest BCUT2D eigenvalue weighted by Gasteiger charge is 2.20. The molecule has 2 N–H and O–H groups in total. The van der Waals surface area contributed by atoms with Gasteiger partial charge in [-0.3, -0.25) is 4.79 Å². The van der Waals surface area contributed by atoms with E-state index in [1.165, 1.54) is 6.07 Å². The Labute approximate surface area is 176 Å². The molecule has 1 unspecified atom stereocenters. The van der Waals surface area contributed by atoms with Crippen LogP contribution in [0.5, 0.6) is 0 Å². The number of rotatable bonds is 4. The Morgan fingerprint density at radius 1 is 1.21 bits per heavy atom. The Morgan fingerprint density at radius 2 is 2.07 bits per heavy atom. The average Bonchev–Trinajstić information content (AvgIpc) is 3.21. The van der Waals surface area contributed by atoms with Gasteiger partial charge in [0.15, 0.2) is 5.82 Å². The van der Waals surface area contributed by atoms with Gasteiger partial charge < -0.3 is 15.2 Å². The molecule has 2 aliphatic rings. The summed E-state index contributed by atoms with van der Waals surface area (Å²) < 4.78 is 16.5. The number of nitrogens with zero attached hydrogens (tertiary/aromatic N) is 3. The van der Waals surface area contributed by atoms with Crippen LogP contribution in [0.4, 0.5) is 10.1 Å². The zero-order chi connectivity index (χ0) is 17.9. The standard InChI is InChI=1S/C19H24FN5O.2ClH/c20-16-8-7-14(22-18(26)12-13-5-4-9-21-13)11-15(16)19-24-23-17-6-2-1-3-10-25(17)19;;/h7-8,11,13,21H,1-6,9-10,12H2,(H,22,26);2*1H. The van der Waals surface area contributed by atoms with Crippen molar-refractivity contribution in [2.45, 2.75) is 57.5 Å². The average molecular weight is 430 g/mol. The van der Waals surface area contributed by atoms with Gasteiger partial charge in [-0.25, -0.2) is 4.39 Å². The first-order chi connectivity index (χ1) is 12.7. The smallest absolute Gasteiger partial charge is 0.225 e. The lowest BCUT2D eigenvalue weighted by molar-refractivity contribution is -0.116. The van der Waals surface area contributed by atoms with Crippen LogP contribution in [0.3, 0.4) is 0 Å². The van der Waals surface area contributed by atoms with Gasteiger partial charge in [-0.05, 0) is 50.4 Å². The molecule has 28 heavy (non-hydrogen) atoms. The van der Waals surface area contributed by atoms with Crippen LogP contribution in [-0.2, 0) is 17.8 Å². The summed E-state index contributed by atoms with van der Waals surface area (Å²) in [6, 6.07) is 4.88. The third kappa shape index (κ3) is 5.01. The number of fused-ring (bicyclic) bond motifs is 1. The SMILES string of the molecule is Cl.Cl.O=C(CC1CCCN1)Nc1ccc(F)c(-c2nnc3n2CCCCC3)c1. The minimum absolute atomic E-state index is 0. The number of aromatic nitrogens is 3. The van der Waals surface area contributed by atoms with E-state index >= 15 is 0 Å². The fourth-order valence-corrected chi connectivity index (χ4v) is 3.83. The summed E-state index contributed by atoms with van der Waals surface area (Å²) in [5.41, 5.74) is 0.984. The van der Waals surface area contributed by atoms with Crippen LogP contribution in [0.15, 0.2) is 18.2 Å². The monoisotopic (exact) mass is 429 g/mol. The summed E-state index contributed by atoms with van der Waals surface area (Å²) in [6.07, 6.45) is 6.73. The van der Waals surface area contributed by atoms with Gasteiger partial charge in [0.1, 0.15) is 11.6 Å². The molecule has 1 amide bonds. The number of benzene rings is 1. The number of anilines is 1. The second kappa shape index (κ2) is 10.2. The van der Waals surface area contributed by atoms with Crippen LogP contribution in [-0.4, -0.2) is 33.3 Å². The molecule has 1 fully saturated rings. The van der Waals surface area contributed by atoms with E-state index in [4.69, 9.17) is 0 Å². The van der Waals surface area contributed by atoms with Crippen LogP contribution in [0, 0.1) is 5.82 Å². The number of carbonyl (C=O) groups excluding carboxylic acids is 1. The van der Waals surface area contributed by atoms with Crippen LogP contribution in [0.2, 0.25) is 0 Å². The quantitative estimate of drug-likeness (QED) is 0.776. The van der Waals surface area contributed by atoms with Crippen molar-refractivity contribution in [2.75, 3.05) is 11.9 Å². The van der Waals surface area contributed by atoms with Crippen LogP contribution >= 0.6 is 24.8 Å². The van der Waals surface area contributed by atoms with Crippen molar-refractivity contribution < 1.29 is 9.18 Å². The molecule has 6 nitrogen and oxygen atoms in total. The first kappa shape index (κ1) is 22.6. The maximum Gasteiger partial charge on any atom is 0.225 e. The molecular weight excluding hydrogens is 404 g/mol. The van der Waals surface area contributed by atoms with Crippen molar-refractivity contribution in [3.8, 4) is 11.4 Å². The molecular formula is C19H26Cl2FN5O. The first-order valence-corrected chi connectivity index (χ1v) is 9.46. The molecule has 2 aromatic rings. The van der Waals surface area contributed by atoms with Crippen molar-refractivity contribution in [2.24, 2.45) is 0 Å². The highest BCUT2D eigenvalue weighted by Crippen LogP contribution is 2.27. The van der Waals surface area contributed by atoms with Gasteiger partial charge >= 0.3 is 0 Å². The number of halogens is 3. The lowest BCUT2D eigenvalue weighted by Gasteiger charge is -2.12. The molecule has 1 aromatic heterocycles. The summed E-state index contributed by atoms with van der Waals surface area (Å²) in [6.45, 7) is 1.78. The lowest BCUT2D eigenvalue weighted by atomic mass is 10.1. The molecule has 0 aliphatic carbocycles. The highest BCUT2D eigenvalue weighted by molar-refractivity contribution is 5.91. The number of aryl methyl sites for hydroxylation is 1. The maximum atomic E-state index is 14.5. The maximum absolute atomic E-state index is 14.5. The number of carbonyl (C=O) groups is 1. The van der Waals surface area contributed by atoms with Crippen LogP contribution in [0.1, 0.15) is 44.3 Å². The minimum Gasteiger partial charge on any atom is -0.326 e. The molecule has 1 saturated heterocycles. The molecule has 3 heterocycles. The van der Waals surface area contributed by atoms with E-state index in [-0.39, 0.29) is 42.6 Å². The highest BCUT2D eigenvalue weighted by atomic mass is 35.5. The molecule has 0 radical (unpaired) electrons. The Morgan fingerprint density at radius 3 is 2.86 bits per heavy atom. The van der Waals surface area contributed by atoms with Crippen LogP contribution in [0.25, 0.3) is 11.4 Å². The van der Waals surface area contributed by atoms with E-state index in [0.717, 1.165) is 57.4 Å². The van der Waals surface area contributed by atoms with Crippen molar-refractivity contribution >= 4 is 36.4 Å². The zero-order valence-corrected chi connectivity index (χ0v) is 17.3. The van der Waals surface area contributed by atoms with Crippen LogP contribution < -0.4 is 10.6 Å². The second-order valence-corrected chi connectivity index (χ2v) is 7.14. The van der Waals surface area contributed by atoms with E-state index in [2.05, 4.69) is 20.8 Å². The van der Waals surface area contributed by atoms with E-state index < -0.39 is 0 Å². The predicted octanol–water partition coefficient (Wildman–Crippen LogP) is 3.73. The van der Waals surface area contributed by atoms with E-state index in [9.17, 15) is 9.18 Å². The molecule has 1 atom stereocenters. The van der Waals surface area contributed by atoms with Gasteiger partial charge in [0.2, 0.25) is 5.91 Å². The number of amides is 1. The molecule has 0 bridgehead atoms. The Balaban J connectivity index is 0.00000140. The third-order valence-electron chi connectivity index (χ3n) is 5.19.